The highest BCUT2D eigenvalue weighted by Gasteiger charge is 2.13. The maximum absolute atomic E-state index is 4.48. The maximum atomic E-state index is 4.48. The van der Waals surface area contributed by atoms with Gasteiger partial charge in [0.2, 0.25) is 0 Å². The molecule has 2 aromatic rings. The van der Waals surface area contributed by atoms with Crippen molar-refractivity contribution in [3.05, 3.63) is 41.6 Å². The molecule has 0 bridgehead atoms. The van der Waals surface area contributed by atoms with Crippen LogP contribution in [0.1, 0.15) is 38.8 Å². The lowest BCUT2D eigenvalue weighted by molar-refractivity contribution is 0.591. The van der Waals surface area contributed by atoms with Crippen LogP contribution in [0.25, 0.3) is 10.9 Å². The number of hydrogen-bond donors (Lipinski definition) is 0. The van der Waals surface area contributed by atoms with E-state index in [9.17, 15) is 0 Å². The third kappa shape index (κ3) is 2.08. The minimum Gasteiger partial charge on any atom is -0.256 e. The van der Waals surface area contributed by atoms with Crippen molar-refractivity contribution in [1.29, 1.82) is 0 Å². The van der Waals surface area contributed by atoms with Crippen molar-refractivity contribution >= 4 is 10.9 Å². The minimum atomic E-state index is 0.205. The van der Waals surface area contributed by atoms with Crippen LogP contribution in [0.5, 0.6) is 0 Å². The molecular formula is C15H19N. The molecule has 1 heteroatoms. The lowest BCUT2D eigenvalue weighted by Crippen LogP contribution is -2.10. The molecule has 1 heterocycles. The molecule has 1 aromatic carbocycles. The van der Waals surface area contributed by atoms with E-state index in [0.717, 1.165) is 11.9 Å². The normalized spacial score (nSPS) is 12.0. The van der Waals surface area contributed by atoms with E-state index in [4.69, 9.17) is 0 Å². The summed E-state index contributed by atoms with van der Waals surface area (Å²) < 4.78 is 0. The molecule has 0 aliphatic rings. The average molecular weight is 213 g/mol. The summed E-state index contributed by atoms with van der Waals surface area (Å²) in [5, 5.41) is 1.26. The van der Waals surface area contributed by atoms with E-state index < -0.39 is 0 Å². The van der Waals surface area contributed by atoms with Gasteiger partial charge >= 0.3 is 0 Å². The molecule has 0 aliphatic heterocycles. The van der Waals surface area contributed by atoms with Crippen molar-refractivity contribution in [1.82, 2.24) is 4.98 Å². The summed E-state index contributed by atoms with van der Waals surface area (Å²) >= 11 is 0. The van der Waals surface area contributed by atoms with E-state index in [1.54, 1.807) is 0 Å². The van der Waals surface area contributed by atoms with Crippen LogP contribution in [0.4, 0.5) is 0 Å². The predicted molar refractivity (Wildman–Crippen MR) is 69.8 cm³/mol. The highest BCUT2D eigenvalue weighted by atomic mass is 14.6. The van der Waals surface area contributed by atoms with Crippen LogP contribution in [0.2, 0.25) is 0 Å². The van der Waals surface area contributed by atoms with Crippen LogP contribution in [-0.2, 0) is 11.8 Å². The molecule has 0 atom stereocenters. The third-order valence-corrected chi connectivity index (χ3v) is 3.01. The van der Waals surface area contributed by atoms with Gasteiger partial charge in [-0.15, -0.1) is 0 Å². The van der Waals surface area contributed by atoms with Gasteiger partial charge in [0.15, 0.2) is 0 Å². The maximum Gasteiger partial charge on any atom is 0.0702 e. The Kier molecular flexibility index (Phi) is 2.71. The lowest BCUT2D eigenvalue weighted by atomic mass is 9.86. The highest BCUT2D eigenvalue weighted by molar-refractivity contribution is 5.80. The SMILES string of the molecule is CCc1cnc2ccc(C(C)(C)C)cc2c1. The summed E-state index contributed by atoms with van der Waals surface area (Å²) in [5.74, 6) is 0. The topological polar surface area (TPSA) is 12.9 Å². The Bertz CT molecular complexity index is 506. The van der Waals surface area contributed by atoms with Gasteiger partial charge in [-0.1, -0.05) is 33.8 Å². The Hall–Kier alpha value is -1.37. The molecule has 0 saturated heterocycles. The van der Waals surface area contributed by atoms with Crippen LogP contribution in [0.3, 0.4) is 0 Å². The van der Waals surface area contributed by atoms with Crippen molar-refractivity contribution in [3.63, 3.8) is 0 Å². The average Bonchev–Trinajstić information content (AvgIpc) is 2.26. The second kappa shape index (κ2) is 3.89. The number of pyridine rings is 1. The first-order chi connectivity index (χ1) is 7.50. The molecule has 0 unspecified atom stereocenters. The van der Waals surface area contributed by atoms with Gasteiger partial charge < -0.3 is 0 Å². The van der Waals surface area contributed by atoms with E-state index in [-0.39, 0.29) is 5.41 Å². The van der Waals surface area contributed by atoms with Crippen molar-refractivity contribution < 1.29 is 0 Å². The third-order valence-electron chi connectivity index (χ3n) is 3.01. The quantitative estimate of drug-likeness (QED) is 0.695. The second-order valence-electron chi connectivity index (χ2n) is 5.35. The predicted octanol–water partition coefficient (Wildman–Crippen LogP) is 4.09. The molecule has 0 radical (unpaired) electrons. The molecule has 2 rings (SSSR count). The van der Waals surface area contributed by atoms with Gasteiger partial charge in [0, 0.05) is 11.6 Å². The zero-order valence-electron chi connectivity index (χ0n) is 10.5. The first-order valence-electron chi connectivity index (χ1n) is 5.90. The summed E-state index contributed by atoms with van der Waals surface area (Å²) in [6.45, 7) is 8.89. The molecule has 0 amide bonds. The zero-order chi connectivity index (χ0) is 11.8. The van der Waals surface area contributed by atoms with Gasteiger partial charge in [0.05, 0.1) is 5.52 Å². The van der Waals surface area contributed by atoms with E-state index in [2.05, 4.69) is 56.9 Å². The van der Waals surface area contributed by atoms with Crippen LogP contribution >= 0.6 is 0 Å². The summed E-state index contributed by atoms with van der Waals surface area (Å²) in [7, 11) is 0. The number of hydrogen-bond acceptors (Lipinski definition) is 1. The molecule has 0 aliphatic carbocycles. The number of aryl methyl sites for hydroxylation is 1. The van der Waals surface area contributed by atoms with Gasteiger partial charge in [0.1, 0.15) is 0 Å². The Labute approximate surface area is 97.5 Å². The van der Waals surface area contributed by atoms with E-state index in [0.29, 0.717) is 0 Å². The Morgan fingerprint density at radius 2 is 1.88 bits per heavy atom. The molecule has 0 saturated carbocycles. The molecule has 1 aromatic heterocycles. The monoisotopic (exact) mass is 213 g/mol. The van der Waals surface area contributed by atoms with Gasteiger partial charge in [-0.2, -0.15) is 0 Å². The molecule has 84 valence electrons. The molecule has 0 N–H and O–H groups in total. The molecule has 0 spiro atoms. The van der Waals surface area contributed by atoms with Gasteiger partial charge in [0.25, 0.3) is 0 Å². The van der Waals surface area contributed by atoms with E-state index in [1.165, 1.54) is 16.5 Å². The van der Waals surface area contributed by atoms with Gasteiger partial charge in [-0.25, -0.2) is 0 Å². The fourth-order valence-electron chi connectivity index (χ4n) is 1.84. The lowest BCUT2D eigenvalue weighted by Gasteiger charge is -2.19. The number of nitrogens with zero attached hydrogens (tertiary/aromatic N) is 1. The summed E-state index contributed by atoms with van der Waals surface area (Å²) in [6.07, 6.45) is 3.02. The Morgan fingerprint density at radius 1 is 1.12 bits per heavy atom. The van der Waals surface area contributed by atoms with Crippen molar-refractivity contribution in [2.45, 2.75) is 39.5 Å². The van der Waals surface area contributed by atoms with Gasteiger partial charge in [-0.3, -0.25) is 4.98 Å². The highest BCUT2D eigenvalue weighted by Crippen LogP contribution is 2.25. The number of aromatic nitrogens is 1. The van der Waals surface area contributed by atoms with E-state index >= 15 is 0 Å². The molecule has 16 heavy (non-hydrogen) atoms. The molecular weight excluding hydrogens is 194 g/mol. The minimum absolute atomic E-state index is 0.205. The standard InChI is InChI=1S/C15H19N/c1-5-11-8-12-9-13(15(2,3)4)6-7-14(12)16-10-11/h6-10H,5H2,1-4H3. The van der Waals surface area contributed by atoms with Crippen molar-refractivity contribution in [2.75, 3.05) is 0 Å². The fourth-order valence-corrected chi connectivity index (χ4v) is 1.84. The first kappa shape index (κ1) is 11.1. The van der Waals surface area contributed by atoms with Crippen LogP contribution in [0, 0.1) is 0 Å². The summed E-state index contributed by atoms with van der Waals surface area (Å²) in [4.78, 5) is 4.48. The second-order valence-corrected chi connectivity index (χ2v) is 5.35. The summed E-state index contributed by atoms with van der Waals surface area (Å²) in [5.41, 5.74) is 3.97. The van der Waals surface area contributed by atoms with Gasteiger partial charge in [-0.05, 0) is 41.2 Å². The first-order valence-corrected chi connectivity index (χ1v) is 5.90. The Morgan fingerprint density at radius 3 is 2.50 bits per heavy atom. The smallest absolute Gasteiger partial charge is 0.0702 e. The largest absolute Gasteiger partial charge is 0.256 e. The van der Waals surface area contributed by atoms with Crippen LogP contribution in [-0.4, -0.2) is 4.98 Å². The fraction of sp³-hybridized carbons (Fsp3) is 0.400. The number of fused-ring (bicyclic) bond motifs is 1. The molecule has 0 fully saturated rings. The van der Waals surface area contributed by atoms with Crippen molar-refractivity contribution in [3.8, 4) is 0 Å². The molecule has 1 nitrogen and oxygen atoms in total. The Balaban J connectivity index is 2.59. The van der Waals surface area contributed by atoms with Crippen molar-refractivity contribution in [2.24, 2.45) is 0 Å². The van der Waals surface area contributed by atoms with E-state index in [1.807, 2.05) is 6.20 Å². The van der Waals surface area contributed by atoms with Crippen LogP contribution < -0.4 is 0 Å². The summed E-state index contributed by atoms with van der Waals surface area (Å²) in [6, 6.07) is 8.81. The number of rotatable bonds is 1. The zero-order valence-corrected chi connectivity index (χ0v) is 10.5. The number of benzene rings is 1. The van der Waals surface area contributed by atoms with Crippen LogP contribution in [0.15, 0.2) is 30.5 Å².